The van der Waals surface area contributed by atoms with Crippen LogP contribution in [0.25, 0.3) is 10.9 Å². The fraction of sp³-hybridized carbons (Fsp3) is 0.385. The van der Waals surface area contributed by atoms with Crippen molar-refractivity contribution in [3.63, 3.8) is 0 Å². The second kappa shape index (κ2) is 3.90. The van der Waals surface area contributed by atoms with Crippen LogP contribution in [-0.2, 0) is 12.1 Å². The molecule has 0 aliphatic carbocycles. The topological polar surface area (TPSA) is 25.2 Å². The highest BCUT2D eigenvalue weighted by Gasteiger charge is 2.23. The number of aryl methyl sites for hydroxylation is 1. The molecule has 0 radical (unpaired) electrons. The molecule has 1 aromatic carbocycles. The fourth-order valence-corrected chi connectivity index (χ4v) is 2.60. The highest BCUT2D eigenvalue weighted by atomic mass is 79.9. The first-order valence-corrected chi connectivity index (χ1v) is 6.24. The molecule has 2 aromatic rings. The van der Waals surface area contributed by atoms with Crippen LogP contribution in [0.3, 0.4) is 0 Å². The summed E-state index contributed by atoms with van der Waals surface area (Å²) >= 11 is 3.56. The number of halogens is 1. The Kier molecular flexibility index (Phi) is 2.84. The highest BCUT2D eigenvalue weighted by Crippen LogP contribution is 2.34. The number of rotatable bonds is 2. The second-order valence-electron chi connectivity index (χ2n) is 4.52. The van der Waals surface area contributed by atoms with Crippen LogP contribution in [-0.4, -0.2) is 9.67 Å². The van der Waals surface area contributed by atoms with Crippen LogP contribution in [0, 0.1) is 0 Å². The Morgan fingerprint density at radius 3 is 2.62 bits per heavy atom. The van der Waals surface area contributed by atoms with Crippen LogP contribution in [0.5, 0.6) is 0 Å². The van der Waals surface area contributed by atoms with Crippen LogP contribution >= 0.6 is 15.9 Å². The van der Waals surface area contributed by atoms with E-state index < -0.39 is 5.60 Å². The minimum atomic E-state index is -0.817. The Bertz CT molecular complexity index is 522. The molecule has 3 heteroatoms. The summed E-state index contributed by atoms with van der Waals surface area (Å²) in [6, 6.07) is 6.11. The van der Waals surface area contributed by atoms with E-state index in [1.54, 1.807) is 0 Å². The Balaban J connectivity index is 2.85. The molecule has 86 valence electrons. The van der Waals surface area contributed by atoms with E-state index in [-0.39, 0.29) is 0 Å². The molecular formula is C13H16BrNO. The summed E-state index contributed by atoms with van der Waals surface area (Å²) in [4.78, 5) is 0. The molecule has 0 saturated carbocycles. The zero-order chi connectivity index (χ0) is 11.9. The number of hydrogen-bond acceptors (Lipinski definition) is 1. The van der Waals surface area contributed by atoms with Gasteiger partial charge in [-0.25, -0.2) is 0 Å². The van der Waals surface area contributed by atoms with Gasteiger partial charge in [0, 0.05) is 33.7 Å². The standard InChI is InChI=1S/C13H16BrNO/c1-4-15-8-9(13(2,3)16)12-10(14)6-5-7-11(12)15/h5-8,16H,4H2,1-3H3. The van der Waals surface area contributed by atoms with E-state index >= 15 is 0 Å². The van der Waals surface area contributed by atoms with Crippen molar-refractivity contribution >= 4 is 26.8 Å². The number of aromatic nitrogens is 1. The van der Waals surface area contributed by atoms with Gasteiger partial charge in [-0.1, -0.05) is 22.0 Å². The van der Waals surface area contributed by atoms with E-state index in [2.05, 4.69) is 33.5 Å². The summed E-state index contributed by atoms with van der Waals surface area (Å²) in [5, 5.41) is 11.3. The number of benzene rings is 1. The molecule has 1 aromatic heterocycles. The maximum absolute atomic E-state index is 10.2. The van der Waals surface area contributed by atoms with Gasteiger partial charge in [0.1, 0.15) is 0 Å². The first kappa shape index (κ1) is 11.7. The highest BCUT2D eigenvalue weighted by molar-refractivity contribution is 9.10. The maximum atomic E-state index is 10.2. The molecule has 1 heterocycles. The molecular weight excluding hydrogens is 266 g/mol. The third-order valence-corrected chi connectivity index (χ3v) is 3.52. The maximum Gasteiger partial charge on any atom is 0.0861 e. The van der Waals surface area contributed by atoms with E-state index in [1.807, 2.05) is 32.2 Å². The average Bonchev–Trinajstić information content (AvgIpc) is 2.57. The summed E-state index contributed by atoms with van der Waals surface area (Å²) in [5.74, 6) is 0. The zero-order valence-electron chi connectivity index (χ0n) is 9.79. The first-order chi connectivity index (χ1) is 7.45. The van der Waals surface area contributed by atoms with Crippen LogP contribution < -0.4 is 0 Å². The summed E-state index contributed by atoms with van der Waals surface area (Å²) in [7, 11) is 0. The molecule has 0 unspecified atom stereocenters. The Labute approximate surface area is 104 Å². The SMILES string of the molecule is CCn1cc(C(C)(C)O)c2c(Br)cccc21. The van der Waals surface area contributed by atoms with Crippen LogP contribution in [0.15, 0.2) is 28.9 Å². The lowest BCUT2D eigenvalue weighted by atomic mass is 9.98. The minimum absolute atomic E-state index is 0.817. The Hall–Kier alpha value is -0.800. The quantitative estimate of drug-likeness (QED) is 0.893. The predicted octanol–water partition coefficient (Wildman–Crippen LogP) is 3.65. The van der Waals surface area contributed by atoms with E-state index in [9.17, 15) is 5.11 Å². The largest absolute Gasteiger partial charge is 0.386 e. The van der Waals surface area contributed by atoms with Gasteiger partial charge in [0.15, 0.2) is 0 Å². The third kappa shape index (κ3) is 1.78. The third-order valence-electron chi connectivity index (χ3n) is 2.86. The van der Waals surface area contributed by atoms with Crippen molar-refractivity contribution in [3.05, 3.63) is 34.4 Å². The van der Waals surface area contributed by atoms with Gasteiger partial charge in [-0.15, -0.1) is 0 Å². The number of hydrogen-bond donors (Lipinski definition) is 1. The van der Waals surface area contributed by atoms with Gasteiger partial charge in [0.25, 0.3) is 0 Å². The molecule has 0 saturated heterocycles. The van der Waals surface area contributed by atoms with Gasteiger partial charge in [0.2, 0.25) is 0 Å². The molecule has 0 spiro atoms. The van der Waals surface area contributed by atoms with Crippen molar-refractivity contribution in [1.82, 2.24) is 4.57 Å². The van der Waals surface area contributed by atoms with Gasteiger partial charge in [-0.2, -0.15) is 0 Å². The smallest absolute Gasteiger partial charge is 0.0861 e. The zero-order valence-corrected chi connectivity index (χ0v) is 11.4. The van der Waals surface area contributed by atoms with E-state index in [0.717, 1.165) is 27.5 Å². The van der Waals surface area contributed by atoms with E-state index in [0.29, 0.717) is 0 Å². The van der Waals surface area contributed by atoms with Crippen molar-refractivity contribution in [2.24, 2.45) is 0 Å². The summed E-state index contributed by atoms with van der Waals surface area (Å²) in [5.41, 5.74) is 1.31. The Morgan fingerprint density at radius 1 is 1.38 bits per heavy atom. The molecule has 16 heavy (non-hydrogen) atoms. The van der Waals surface area contributed by atoms with E-state index in [4.69, 9.17) is 0 Å². The molecule has 0 bridgehead atoms. The summed E-state index contributed by atoms with van der Waals surface area (Å²) in [6.07, 6.45) is 2.04. The average molecular weight is 282 g/mol. The van der Waals surface area contributed by atoms with Gasteiger partial charge >= 0.3 is 0 Å². The van der Waals surface area contributed by atoms with Gasteiger partial charge < -0.3 is 9.67 Å². The number of nitrogens with zero attached hydrogens (tertiary/aromatic N) is 1. The molecule has 2 nitrogen and oxygen atoms in total. The summed E-state index contributed by atoms with van der Waals surface area (Å²) < 4.78 is 3.20. The van der Waals surface area contributed by atoms with Crippen molar-refractivity contribution in [3.8, 4) is 0 Å². The van der Waals surface area contributed by atoms with Gasteiger partial charge in [0.05, 0.1) is 5.60 Å². The molecule has 2 rings (SSSR count). The van der Waals surface area contributed by atoms with E-state index in [1.165, 1.54) is 0 Å². The molecule has 0 aliphatic rings. The van der Waals surface area contributed by atoms with Crippen molar-refractivity contribution < 1.29 is 5.11 Å². The van der Waals surface area contributed by atoms with Crippen LogP contribution in [0.1, 0.15) is 26.3 Å². The predicted molar refractivity (Wildman–Crippen MR) is 70.6 cm³/mol. The lowest BCUT2D eigenvalue weighted by Gasteiger charge is -2.16. The monoisotopic (exact) mass is 281 g/mol. The molecule has 0 amide bonds. The molecule has 0 aliphatic heterocycles. The minimum Gasteiger partial charge on any atom is -0.386 e. The number of aliphatic hydroxyl groups is 1. The first-order valence-electron chi connectivity index (χ1n) is 5.45. The lowest BCUT2D eigenvalue weighted by Crippen LogP contribution is -2.14. The molecule has 1 N–H and O–H groups in total. The van der Waals surface area contributed by atoms with Crippen molar-refractivity contribution in [2.75, 3.05) is 0 Å². The number of fused-ring (bicyclic) bond motifs is 1. The normalized spacial score (nSPS) is 12.3. The summed E-state index contributed by atoms with van der Waals surface area (Å²) in [6.45, 7) is 6.65. The van der Waals surface area contributed by atoms with Crippen molar-refractivity contribution in [2.45, 2.75) is 32.9 Å². The second-order valence-corrected chi connectivity index (χ2v) is 5.38. The van der Waals surface area contributed by atoms with Crippen LogP contribution in [0.2, 0.25) is 0 Å². The molecule has 0 fully saturated rings. The Morgan fingerprint density at radius 2 is 2.06 bits per heavy atom. The molecule has 0 atom stereocenters. The van der Waals surface area contributed by atoms with Gasteiger partial charge in [-0.05, 0) is 32.9 Å². The van der Waals surface area contributed by atoms with Crippen molar-refractivity contribution in [1.29, 1.82) is 0 Å². The fourth-order valence-electron chi connectivity index (χ4n) is 2.03. The van der Waals surface area contributed by atoms with Crippen LogP contribution in [0.4, 0.5) is 0 Å². The van der Waals surface area contributed by atoms with Gasteiger partial charge in [-0.3, -0.25) is 0 Å². The lowest BCUT2D eigenvalue weighted by molar-refractivity contribution is 0.0799.